The van der Waals surface area contributed by atoms with Crippen LogP contribution in [0.1, 0.15) is 12.6 Å². The van der Waals surface area contributed by atoms with E-state index in [2.05, 4.69) is 11.7 Å². The van der Waals surface area contributed by atoms with Crippen LogP contribution in [0.2, 0.25) is 0 Å². The largest absolute Gasteiger partial charge is 0.233 e. The molecule has 0 radical (unpaired) electrons. The van der Waals surface area contributed by atoms with Gasteiger partial charge in [0, 0.05) is 0 Å². The summed E-state index contributed by atoms with van der Waals surface area (Å²) in [6.45, 7) is 5.91. The van der Waals surface area contributed by atoms with Gasteiger partial charge in [-0.2, -0.15) is 5.10 Å². The van der Waals surface area contributed by atoms with E-state index in [1.807, 2.05) is 48.0 Å². The van der Waals surface area contributed by atoms with Gasteiger partial charge in [-0.05, 0) is 30.7 Å². The maximum atomic E-state index is 4.26. The second-order valence-corrected chi connectivity index (χ2v) is 3.24. The fraction of sp³-hybridized carbons (Fsp3) is 0.0833. The number of allylic oxidation sites excluding steroid dienone is 1. The summed E-state index contributed by atoms with van der Waals surface area (Å²) in [6, 6.07) is 12.0. The van der Waals surface area contributed by atoms with Gasteiger partial charge in [0.25, 0.3) is 0 Å². The molecule has 0 aliphatic carbocycles. The molecular formula is C12H12N2. The summed E-state index contributed by atoms with van der Waals surface area (Å²) < 4.78 is 1.89. The van der Waals surface area contributed by atoms with Gasteiger partial charge in [0.1, 0.15) is 0 Å². The molecule has 1 heterocycles. The fourth-order valence-electron chi connectivity index (χ4n) is 1.40. The Balaban J connectivity index is 2.52. The van der Waals surface area contributed by atoms with Gasteiger partial charge in [0.15, 0.2) is 0 Å². The summed E-state index contributed by atoms with van der Waals surface area (Å²) in [5, 5.41) is 4.26. The first-order chi connectivity index (χ1) is 6.79. The van der Waals surface area contributed by atoms with Gasteiger partial charge in [-0.15, -0.1) is 0 Å². The highest BCUT2D eigenvalue weighted by Gasteiger charge is 2.03. The lowest BCUT2D eigenvalue weighted by atomic mass is 10.2. The molecule has 0 spiro atoms. The Morgan fingerprint density at radius 1 is 1.21 bits per heavy atom. The summed E-state index contributed by atoms with van der Waals surface area (Å²) in [7, 11) is 0. The maximum Gasteiger partial charge on any atom is 0.0691 e. The lowest BCUT2D eigenvalue weighted by Crippen LogP contribution is -1.99. The highest BCUT2D eigenvalue weighted by atomic mass is 15.3. The van der Waals surface area contributed by atoms with Crippen LogP contribution in [0.15, 0.2) is 49.2 Å². The topological polar surface area (TPSA) is 17.8 Å². The van der Waals surface area contributed by atoms with Crippen molar-refractivity contribution in [3.05, 3.63) is 54.9 Å². The van der Waals surface area contributed by atoms with Crippen LogP contribution in [0.3, 0.4) is 0 Å². The molecule has 1 aromatic heterocycles. The summed E-state index contributed by atoms with van der Waals surface area (Å²) >= 11 is 0. The summed E-state index contributed by atoms with van der Waals surface area (Å²) in [5.41, 5.74) is 3.14. The zero-order valence-corrected chi connectivity index (χ0v) is 8.14. The van der Waals surface area contributed by atoms with Crippen molar-refractivity contribution in [2.75, 3.05) is 0 Å². The van der Waals surface area contributed by atoms with Crippen molar-refractivity contribution in [2.24, 2.45) is 0 Å². The summed E-state index contributed by atoms with van der Waals surface area (Å²) in [6.07, 6.45) is 1.79. The first kappa shape index (κ1) is 8.75. The van der Waals surface area contributed by atoms with Gasteiger partial charge in [-0.3, -0.25) is 0 Å². The van der Waals surface area contributed by atoms with E-state index in [4.69, 9.17) is 0 Å². The fourth-order valence-corrected chi connectivity index (χ4v) is 1.40. The first-order valence-electron chi connectivity index (χ1n) is 4.54. The number of hydrogen-bond acceptors (Lipinski definition) is 1. The van der Waals surface area contributed by atoms with Gasteiger partial charge >= 0.3 is 0 Å². The third kappa shape index (κ3) is 1.46. The standard InChI is InChI=1S/C12H12N2/c1-10(2)12-8-9-13-14(12)11-6-4-3-5-7-11/h3-9H,1H2,2H3. The highest BCUT2D eigenvalue weighted by Crippen LogP contribution is 2.15. The molecule has 0 aliphatic rings. The second kappa shape index (κ2) is 3.50. The summed E-state index contributed by atoms with van der Waals surface area (Å²) in [5.74, 6) is 0. The van der Waals surface area contributed by atoms with Crippen LogP contribution in [0.25, 0.3) is 11.3 Å². The van der Waals surface area contributed by atoms with E-state index in [1.165, 1.54) is 0 Å². The minimum absolute atomic E-state index is 1.02. The molecular weight excluding hydrogens is 172 g/mol. The lowest BCUT2D eigenvalue weighted by molar-refractivity contribution is 0.866. The minimum atomic E-state index is 1.02. The van der Waals surface area contributed by atoms with Crippen LogP contribution in [0.4, 0.5) is 0 Å². The van der Waals surface area contributed by atoms with E-state index >= 15 is 0 Å². The van der Waals surface area contributed by atoms with Gasteiger partial charge < -0.3 is 0 Å². The maximum absolute atomic E-state index is 4.26. The Morgan fingerprint density at radius 2 is 1.93 bits per heavy atom. The molecule has 0 fully saturated rings. The van der Waals surface area contributed by atoms with Gasteiger partial charge in [-0.25, -0.2) is 4.68 Å². The third-order valence-corrected chi connectivity index (χ3v) is 2.08. The Kier molecular flexibility index (Phi) is 2.19. The zero-order valence-electron chi connectivity index (χ0n) is 8.14. The van der Waals surface area contributed by atoms with Crippen LogP contribution < -0.4 is 0 Å². The molecule has 0 saturated heterocycles. The van der Waals surface area contributed by atoms with Crippen molar-refractivity contribution in [1.82, 2.24) is 9.78 Å². The SMILES string of the molecule is C=C(C)c1ccnn1-c1ccccc1. The number of nitrogens with zero attached hydrogens (tertiary/aromatic N) is 2. The number of aromatic nitrogens is 2. The molecule has 0 aliphatic heterocycles. The van der Waals surface area contributed by atoms with Crippen LogP contribution >= 0.6 is 0 Å². The Bertz CT molecular complexity index is 440. The molecule has 0 atom stereocenters. The second-order valence-electron chi connectivity index (χ2n) is 3.24. The molecule has 0 N–H and O–H groups in total. The quantitative estimate of drug-likeness (QED) is 0.701. The van der Waals surface area contributed by atoms with E-state index in [0.29, 0.717) is 0 Å². The Hall–Kier alpha value is -1.83. The molecule has 14 heavy (non-hydrogen) atoms. The van der Waals surface area contributed by atoms with E-state index < -0.39 is 0 Å². The predicted octanol–water partition coefficient (Wildman–Crippen LogP) is 2.91. The van der Waals surface area contributed by atoms with Crippen LogP contribution in [-0.2, 0) is 0 Å². The van der Waals surface area contributed by atoms with Crippen molar-refractivity contribution >= 4 is 5.57 Å². The Labute approximate surface area is 83.5 Å². The van der Waals surface area contributed by atoms with Gasteiger partial charge in [0.2, 0.25) is 0 Å². The Morgan fingerprint density at radius 3 is 2.57 bits per heavy atom. The number of para-hydroxylation sites is 1. The first-order valence-corrected chi connectivity index (χ1v) is 4.54. The van der Waals surface area contributed by atoms with Crippen molar-refractivity contribution in [2.45, 2.75) is 6.92 Å². The normalized spacial score (nSPS) is 10.1. The molecule has 0 unspecified atom stereocenters. The molecule has 2 heteroatoms. The molecule has 1 aromatic carbocycles. The van der Waals surface area contributed by atoms with E-state index in [-0.39, 0.29) is 0 Å². The molecule has 2 nitrogen and oxygen atoms in total. The molecule has 0 amide bonds. The van der Waals surface area contributed by atoms with Crippen LogP contribution in [0.5, 0.6) is 0 Å². The monoisotopic (exact) mass is 184 g/mol. The van der Waals surface area contributed by atoms with Gasteiger partial charge in [-0.1, -0.05) is 24.8 Å². The minimum Gasteiger partial charge on any atom is -0.233 e. The van der Waals surface area contributed by atoms with Crippen molar-refractivity contribution in [3.8, 4) is 5.69 Å². The number of hydrogen-bond donors (Lipinski definition) is 0. The van der Waals surface area contributed by atoms with E-state index in [1.54, 1.807) is 6.20 Å². The van der Waals surface area contributed by atoms with Crippen LogP contribution in [-0.4, -0.2) is 9.78 Å². The molecule has 0 bridgehead atoms. The molecule has 0 saturated carbocycles. The van der Waals surface area contributed by atoms with E-state index in [9.17, 15) is 0 Å². The predicted molar refractivity (Wildman–Crippen MR) is 58.3 cm³/mol. The smallest absolute Gasteiger partial charge is 0.0691 e. The number of benzene rings is 1. The highest BCUT2D eigenvalue weighted by molar-refractivity contribution is 5.59. The lowest BCUT2D eigenvalue weighted by Gasteiger charge is -2.06. The summed E-state index contributed by atoms with van der Waals surface area (Å²) in [4.78, 5) is 0. The average Bonchev–Trinajstić information content (AvgIpc) is 2.67. The molecule has 2 rings (SSSR count). The van der Waals surface area contributed by atoms with Gasteiger partial charge in [0.05, 0.1) is 17.6 Å². The van der Waals surface area contributed by atoms with E-state index in [0.717, 1.165) is 17.0 Å². The van der Waals surface area contributed by atoms with Crippen LogP contribution in [0, 0.1) is 0 Å². The average molecular weight is 184 g/mol. The third-order valence-electron chi connectivity index (χ3n) is 2.08. The van der Waals surface area contributed by atoms with Crippen molar-refractivity contribution in [1.29, 1.82) is 0 Å². The number of rotatable bonds is 2. The van der Waals surface area contributed by atoms with Crippen molar-refractivity contribution in [3.63, 3.8) is 0 Å². The molecule has 2 aromatic rings. The zero-order chi connectivity index (χ0) is 9.97. The molecule has 70 valence electrons. The van der Waals surface area contributed by atoms with Crippen molar-refractivity contribution < 1.29 is 0 Å².